The van der Waals surface area contributed by atoms with Gasteiger partial charge in [0.15, 0.2) is 0 Å². The van der Waals surface area contributed by atoms with E-state index in [-0.39, 0.29) is 11.3 Å². The fraction of sp³-hybridized carbons (Fsp3) is 0.684. The van der Waals surface area contributed by atoms with Gasteiger partial charge < -0.3 is 5.11 Å². The van der Waals surface area contributed by atoms with Crippen molar-refractivity contribution in [2.45, 2.75) is 79.0 Å². The highest BCUT2D eigenvalue weighted by Crippen LogP contribution is 2.44. The van der Waals surface area contributed by atoms with Crippen LogP contribution in [0.2, 0.25) is 0 Å². The third kappa shape index (κ3) is 3.82. The normalized spacial score (nSPS) is 20.4. The van der Waals surface area contributed by atoms with Crippen LogP contribution in [-0.2, 0) is 23.9 Å². The van der Waals surface area contributed by atoms with E-state index in [0.717, 1.165) is 37.1 Å². The van der Waals surface area contributed by atoms with Gasteiger partial charge >= 0.3 is 0 Å². The smallest absolute Gasteiger partial charge is 0.294 e. The second kappa shape index (κ2) is 8.31. The van der Waals surface area contributed by atoms with Crippen molar-refractivity contribution in [3.63, 3.8) is 0 Å². The van der Waals surface area contributed by atoms with Crippen molar-refractivity contribution in [3.8, 4) is 0 Å². The number of rotatable bonds is 6. The number of non-ortho nitro benzene ring substituents is 1. The molecule has 0 unspecified atom stereocenters. The summed E-state index contributed by atoms with van der Waals surface area (Å²) in [6, 6.07) is 4.18. The number of hydrogen-bond acceptors (Lipinski definition) is 7. The molecule has 2 aliphatic rings. The van der Waals surface area contributed by atoms with E-state index in [2.05, 4.69) is 0 Å². The van der Waals surface area contributed by atoms with Crippen molar-refractivity contribution in [2.75, 3.05) is 0 Å². The average molecular weight is 446 g/mol. The molecule has 1 N–H and O–H groups in total. The van der Waals surface area contributed by atoms with Gasteiger partial charge in [-0.05, 0) is 37.8 Å². The molecule has 0 amide bonds. The van der Waals surface area contributed by atoms with Crippen LogP contribution in [-0.4, -0.2) is 37.4 Å². The number of aliphatic hydroxyl groups is 1. The zero-order valence-electron chi connectivity index (χ0n) is 16.2. The molecule has 29 heavy (non-hydrogen) atoms. The van der Waals surface area contributed by atoms with Crippen LogP contribution in [0.5, 0.6) is 0 Å². The number of nitro benzene ring substituents is 1. The van der Waals surface area contributed by atoms with Crippen LogP contribution in [0.1, 0.15) is 69.8 Å². The standard InChI is InChI=1S/C19H27NO7S2/c21-19(15-11-13-16(14-12-15)20(22)23,28(24,25)17-7-3-1-4-8-17)29(26,27)18-9-5-2-6-10-18/h11-14,17-18,21H,1-10H2. The maximum atomic E-state index is 13.6. The largest absolute Gasteiger partial charge is 0.359 e. The van der Waals surface area contributed by atoms with Gasteiger partial charge in [0.2, 0.25) is 19.7 Å². The molecule has 10 heteroatoms. The van der Waals surface area contributed by atoms with E-state index >= 15 is 0 Å². The summed E-state index contributed by atoms with van der Waals surface area (Å²) in [6.07, 6.45) is 5.58. The monoisotopic (exact) mass is 445 g/mol. The molecule has 1 aromatic rings. The Balaban J connectivity index is 2.16. The molecule has 2 fully saturated rings. The summed E-state index contributed by atoms with van der Waals surface area (Å²) in [6.45, 7) is 0. The highest BCUT2D eigenvalue weighted by atomic mass is 32.3. The van der Waals surface area contributed by atoms with E-state index in [1.54, 1.807) is 0 Å². The van der Waals surface area contributed by atoms with Crippen molar-refractivity contribution >= 4 is 25.4 Å². The molecule has 0 aliphatic heterocycles. The topological polar surface area (TPSA) is 132 Å². The molecule has 3 rings (SSSR count). The first-order valence-electron chi connectivity index (χ1n) is 10.1. The van der Waals surface area contributed by atoms with E-state index in [9.17, 15) is 32.1 Å². The van der Waals surface area contributed by atoms with Crippen LogP contribution >= 0.6 is 0 Å². The van der Waals surface area contributed by atoms with Gasteiger partial charge in [0.05, 0.1) is 15.4 Å². The molecule has 0 spiro atoms. The lowest BCUT2D eigenvalue weighted by atomic mass is 10.0. The fourth-order valence-electron chi connectivity index (χ4n) is 4.49. The minimum absolute atomic E-state index is 0.303. The summed E-state index contributed by atoms with van der Waals surface area (Å²) in [7, 11) is -9.04. The summed E-state index contributed by atoms with van der Waals surface area (Å²) < 4.78 is 51.1. The van der Waals surface area contributed by atoms with Crippen molar-refractivity contribution in [1.82, 2.24) is 0 Å². The minimum atomic E-state index is -4.52. The van der Waals surface area contributed by atoms with E-state index in [1.807, 2.05) is 0 Å². The Morgan fingerprint density at radius 3 is 1.52 bits per heavy atom. The number of sulfone groups is 2. The first-order valence-corrected chi connectivity index (χ1v) is 13.2. The van der Waals surface area contributed by atoms with Crippen molar-refractivity contribution < 1.29 is 26.9 Å². The highest BCUT2D eigenvalue weighted by molar-refractivity contribution is 8.09. The second-order valence-corrected chi connectivity index (χ2v) is 12.9. The first kappa shape index (κ1) is 22.2. The molecular formula is C19H27NO7S2. The van der Waals surface area contributed by atoms with Crippen molar-refractivity contribution in [2.24, 2.45) is 0 Å². The molecule has 1 aromatic carbocycles. The molecule has 162 valence electrons. The summed E-state index contributed by atoms with van der Waals surface area (Å²) in [4.78, 5) is 10.3. The van der Waals surface area contributed by atoms with E-state index in [0.29, 0.717) is 51.4 Å². The van der Waals surface area contributed by atoms with Gasteiger partial charge in [0.25, 0.3) is 9.95 Å². The molecule has 0 atom stereocenters. The summed E-state index contributed by atoms with van der Waals surface area (Å²) in [5, 5.41) is 20.6. The van der Waals surface area contributed by atoms with Crippen molar-refractivity contribution in [1.29, 1.82) is 0 Å². The zero-order chi connectivity index (χ0) is 21.3. The first-order chi connectivity index (χ1) is 13.6. The van der Waals surface area contributed by atoms with Gasteiger partial charge in [-0.1, -0.05) is 38.5 Å². The van der Waals surface area contributed by atoms with Crippen LogP contribution in [0.25, 0.3) is 0 Å². The fourth-order valence-corrected chi connectivity index (χ4v) is 10.3. The summed E-state index contributed by atoms with van der Waals surface area (Å²) >= 11 is 0. The quantitative estimate of drug-likeness (QED) is 0.525. The van der Waals surface area contributed by atoms with Gasteiger partial charge in [0.1, 0.15) is 0 Å². The third-order valence-corrected chi connectivity index (χ3v) is 12.3. The lowest BCUT2D eigenvalue weighted by molar-refractivity contribution is -0.384. The molecular weight excluding hydrogens is 418 g/mol. The van der Waals surface area contributed by atoms with E-state index in [4.69, 9.17) is 0 Å². The van der Waals surface area contributed by atoms with E-state index < -0.39 is 39.4 Å². The molecule has 0 saturated heterocycles. The van der Waals surface area contributed by atoms with Crippen molar-refractivity contribution in [3.05, 3.63) is 39.9 Å². The van der Waals surface area contributed by atoms with Crippen LogP contribution in [0.3, 0.4) is 0 Å². The van der Waals surface area contributed by atoms with Gasteiger partial charge in [-0.3, -0.25) is 10.1 Å². The SMILES string of the molecule is O=[N+]([O-])c1ccc(C(O)(S(=O)(=O)C2CCCCC2)S(=O)(=O)C2CCCCC2)cc1. The third-order valence-electron chi connectivity index (χ3n) is 6.20. The Labute approximate surface area is 171 Å². The minimum Gasteiger partial charge on any atom is -0.359 e. The van der Waals surface area contributed by atoms with Gasteiger partial charge in [0, 0.05) is 17.7 Å². The Morgan fingerprint density at radius 1 is 0.793 bits per heavy atom. The Hall–Kier alpha value is -1.52. The van der Waals surface area contributed by atoms with Crippen LogP contribution < -0.4 is 0 Å². The lowest BCUT2D eigenvalue weighted by Crippen LogP contribution is -2.52. The zero-order valence-corrected chi connectivity index (χ0v) is 17.8. The Kier molecular flexibility index (Phi) is 6.35. The summed E-state index contributed by atoms with van der Waals surface area (Å²) in [5.41, 5.74) is -0.638. The molecule has 2 aliphatic carbocycles. The Bertz CT molecular complexity index is 895. The number of hydrogen-bond donors (Lipinski definition) is 1. The maximum Gasteiger partial charge on any atom is 0.294 e. The number of benzene rings is 1. The number of nitro groups is 1. The predicted octanol–water partition coefficient (Wildman–Crippen LogP) is 3.19. The Morgan fingerprint density at radius 2 is 1.17 bits per heavy atom. The van der Waals surface area contributed by atoms with Gasteiger partial charge in [-0.15, -0.1) is 0 Å². The van der Waals surface area contributed by atoms with Crippen LogP contribution in [0, 0.1) is 10.1 Å². The van der Waals surface area contributed by atoms with Gasteiger partial charge in [-0.2, -0.15) is 0 Å². The molecule has 0 aromatic heterocycles. The lowest BCUT2D eigenvalue weighted by Gasteiger charge is -2.36. The predicted molar refractivity (Wildman–Crippen MR) is 109 cm³/mol. The highest BCUT2D eigenvalue weighted by Gasteiger charge is 2.60. The maximum absolute atomic E-state index is 13.6. The molecule has 0 heterocycles. The molecule has 8 nitrogen and oxygen atoms in total. The summed E-state index contributed by atoms with van der Waals surface area (Å²) in [5.74, 6) is 0. The molecule has 2 saturated carbocycles. The molecule has 0 bridgehead atoms. The molecule has 0 radical (unpaired) electrons. The number of nitrogens with zero attached hydrogens (tertiary/aromatic N) is 1. The van der Waals surface area contributed by atoms with E-state index in [1.165, 1.54) is 0 Å². The van der Waals surface area contributed by atoms with Gasteiger partial charge in [-0.25, -0.2) is 16.8 Å². The second-order valence-electron chi connectivity index (χ2n) is 8.00. The van der Waals surface area contributed by atoms with Crippen LogP contribution in [0.4, 0.5) is 5.69 Å². The average Bonchev–Trinajstić information content (AvgIpc) is 2.74. The van der Waals surface area contributed by atoms with Crippen LogP contribution in [0.15, 0.2) is 24.3 Å².